The van der Waals surface area contributed by atoms with Crippen LogP contribution in [0.2, 0.25) is 0 Å². The number of nitrogens with zero attached hydrogens (tertiary/aromatic N) is 5. The maximum Gasteiger partial charge on any atom is 0.214 e. The van der Waals surface area contributed by atoms with Gasteiger partial charge in [-0.15, -0.1) is 16.4 Å². The lowest BCUT2D eigenvalue weighted by Gasteiger charge is -2.21. The summed E-state index contributed by atoms with van der Waals surface area (Å²) in [6.45, 7) is 2.08. The van der Waals surface area contributed by atoms with E-state index < -0.39 is 0 Å². The fourth-order valence-electron chi connectivity index (χ4n) is 3.24. The summed E-state index contributed by atoms with van der Waals surface area (Å²) in [5, 5.41) is 10.3. The molecular weight excluding hydrogens is 352 g/mol. The van der Waals surface area contributed by atoms with Gasteiger partial charge in [0, 0.05) is 18.0 Å². The van der Waals surface area contributed by atoms with Gasteiger partial charge >= 0.3 is 0 Å². The fourth-order valence-corrected chi connectivity index (χ4v) is 5.13. The molecule has 0 fully saturated rings. The van der Waals surface area contributed by atoms with E-state index in [9.17, 15) is 0 Å². The van der Waals surface area contributed by atoms with E-state index in [1.807, 2.05) is 29.0 Å². The summed E-state index contributed by atoms with van der Waals surface area (Å²) in [7, 11) is 0. The summed E-state index contributed by atoms with van der Waals surface area (Å²) in [5.41, 5.74) is 3.16. The Balaban J connectivity index is 1.42. The molecule has 0 aromatic carbocycles. The number of imidazole rings is 1. The van der Waals surface area contributed by atoms with E-state index in [-0.39, 0.29) is 0 Å². The first-order valence-electron chi connectivity index (χ1n) is 8.25. The Morgan fingerprint density at radius 2 is 2.24 bits per heavy atom. The van der Waals surface area contributed by atoms with E-state index in [4.69, 9.17) is 0 Å². The van der Waals surface area contributed by atoms with E-state index in [0.717, 1.165) is 39.2 Å². The number of aryl methyl sites for hydroxylation is 2. The van der Waals surface area contributed by atoms with Gasteiger partial charge in [-0.2, -0.15) is 0 Å². The van der Waals surface area contributed by atoms with Gasteiger partial charge in [0.2, 0.25) is 10.1 Å². The minimum Gasteiger partial charge on any atom is -0.352 e. The first-order valence-corrected chi connectivity index (χ1v) is 9.89. The number of hydrogen-bond acceptors (Lipinski definition) is 7. The summed E-state index contributed by atoms with van der Waals surface area (Å²) in [6.07, 6.45) is 8.92. The van der Waals surface area contributed by atoms with Gasteiger partial charge < -0.3 is 5.32 Å². The topological polar surface area (TPSA) is 68.0 Å². The molecule has 0 bridgehead atoms. The summed E-state index contributed by atoms with van der Waals surface area (Å²) in [5.74, 6) is 0. The van der Waals surface area contributed by atoms with Gasteiger partial charge in [-0.05, 0) is 38.3 Å². The Morgan fingerprint density at radius 1 is 1.28 bits per heavy atom. The van der Waals surface area contributed by atoms with E-state index in [1.165, 1.54) is 17.0 Å². The molecule has 8 heteroatoms. The van der Waals surface area contributed by atoms with Crippen LogP contribution < -0.4 is 5.32 Å². The Hall–Kier alpha value is -2.32. The van der Waals surface area contributed by atoms with Gasteiger partial charge in [0.15, 0.2) is 0 Å². The molecule has 4 heterocycles. The number of anilines is 1. The summed E-state index contributed by atoms with van der Waals surface area (Å²) < 4.78 is 1.84. The molecule has 0 amide bonds. The molecule has 1 atom stereocenters. The van der Waals surface area contributed by atoms with E-state index in [1.54, 1.807) is 28.9 Å². The second-order valence-corrected chi connectivity index (χ2v) is 8.33. The minimum absolute atomic E-state index is 0.309. The number of rotatable bonds is 3. The Morgan fingerprint density at radius 3 is 3.08 bits per heavy atom. The van der Waals surface area contributed by atoms with Crippen molar-refractivity contribution in [1.82, 2.24) is 24.6 Å². The van der Waals surface area contributed by atoms with Crippen LogP contribution in [0.4, 0.5) is 5.13 Å². The summed E-state index contributed by atoms with van der Waals surface area (Å²) in [6, 6.07) is 4.23. The normalized spacial score (nSPS) is 16.9. The van der Waals surface area contributed by atoms with Crippen LogP contribution in [0.25, 0.3) is 16.2 Å². The number of hydrogen-bond donors (Lipinski definition) is 1. The van der Waals surface area contributed by atoms with Crippen LogP contribution in [0, 0.1) is 6.92 Å². The highest BCUT2D eigenvalue weighted by molar-refractivity contribution is 7.20. The van der Waals surface area contributed by atoms with Crippen molar-refractivity contribution < 1.29 is 0 Å². The zero-order valence-corrected chi connectivity index (χ0v) is 15.3. The van der Waals surface area contributed by atoms with Gasteiger partial charge in [-0.3, -0.25) is 4.98 Å². The summed E-state index contributed by atoms with van der Waals surface area (Å²) >= 11 is 3.38. The SMILES string of the molecule is Cc1nc2c(s1)C(Nc1nn3cc(-c4cccnc4)nc3s1)CCC2. The van der Waals surface area contributed by atoms with Gasteiger partial charge in [-0.1, -0.05) is 11.3 Å². The number of thiazole rings is 1. The van der Waals surface area contributed by atoms with Crippen molar-refractivity contribution in [2.75, 3.05) is 5.32 Å². The minimum atomic E-state index is 0.309. The molecule has 6 nitrogen and oxygen atoms in total. The molecule has 1 N–H and O–H groups in total. The second kappa shape index (κ2) is 5.89. The number of nitrogens with one attached hydrogen (secondary N) is 1. The van der Waals surface area contributed by atoms with Gasteiger partial charge in [0.1, 0.15) is 0 Å². The highest BCUT2D eigenvalue weighted by atomic mass is 32.1. The molecule has 0 spiro atoms. The molecule has 0 saturated carbocycles. The van der Waals surface area contributed by atoms with Crippen LogP contribution in [0.5, 0.6) is 0 Å². The number of aromatic nitrogens is 5. The predicted octanol–water partition coefficient (Wildman–Crippen LogP) is 4.11. The smallest absolute Gasteiger partial charge is 0.214 e. The van der Waals surface area contributed by atoms with Crippen molar-refractivity contribution in [3.8, 4) is 11.3 Å². The van der Waals surface area contributed by atoms with Crippen LogP contribution in [0.3, 0.4) is 0 Å². The molecule has 5 rings (SSSR count). The number of pyridine rings is 1. The van der Waals surface area contributed by atoms with Crippen molar-refractivity contribution in [1.29, 1.82) is 0 Å². The lowest BCUT2D eigenvalue weighted by molar-refractivity contribution is 0.600. The quantitative estimate of drug-likeness (QED) is 0.589. The average Bonchev–Trinajstić information content (AvgIpc) is 3.28. The molecular formula is C17H16N6S2. The standard InChI is InChI=1S/C17H16N6S2/c1-10-19-12-5-2-6-13(15(12)24-10)20-16-22-23-9-14(21-17(23)25-16)11-4-3-7-18-8-11/h3-4,7-9,13H,2,5-6H2,1H3,(H,20,22). The van der Waals surface area contributed by atoms with Crippen molar-refractivity contribution in [3.63, 3.8) is 0 Å². The van der Waals surface area contributed by atoms with Crippen LogP contribution in [-0.4, -0.2) is 24.6 Å². The fraction of sp³-hybridized carbons (Fsp3) is 0.294. The number of fused-ring (bicyclic) bond motifs is 2. The molecule has 1 aliphatic rings. The third-order valence-corrected chi connectivity index (χ3v) is 6.34. The maximum atomic E-state index is 4.67. The van der Waals surface area contributed by atoms with Crippen molar-refractivity contribution in [3.05, 3.63) is 46.3 Å². The molecule has 4 aromatic heterocycles. The Bertz CT molecular complexity index is 1000. The maximum absolute atomic E-state index is 4.67. The highest BCUT2D eigenvalue weighted by Crippen LogP contribution is 2.37. The summed E-state index contributed by atoms with van der Waals surface area (Å²) in [4.78, 5) is 15.7. The predicted molar refractivity (Wildman–Crippen MR) is 100 cm³/mol. The first kappa shape index (κ1) is 15.0. The molecule has 1 unspecified atom stereocenters. The molecule has 0 aliphatic heterocycles. The molecule has 25 heavy (non-hydrogen) atoms. The molecule has 0 saturated heterocycles. The molecule has 126 valence electrons. The van der Waals surface area contributed by atoms with Crippen LogP contribution in [-0.2, 0) is 6.42 Å². The van der Waals surface area contributed by atoms with Crippen LogP contribution in [0.1, 0.15) is 34.5 Å². The van der Waals surface area contributed by atoms with Gasteiger partial charge in [0.25, 0.3) is 0 Å². The monoisotopic (exact) mass is 368 g/mol. The Labute approximate surface area is 152 Å². The lowest BCUT2D eigenvalue weighted by Crippen LogP contribution is -2.15. The second-order valence-electron chi connectivity index (χ2n) is 6.14. The van der Waals surface area contributed by atoms with E-state index in [0.29, 0.717) is 6.04 Å². The zero-order chi connectivity index (χ0) is 16.8. The largest absolute Gasteiger partial charge is 0.352 e. The molecule has 1 aliphatic carbocycles. The molecule has 4 aromatic rings. The zero-order valence-electron chi connectivity index (χ0n) is 13.6. The third kappa shape index (κ3) is 2.71. The van der Waals surface area contributed by atoms with Crippen molar-refractivity contribution in [2.24, 2.45) is 0 Å². The van der Waals surface area contributed by atoms with Gasteiger partial charge in [0.05, 0.1) is 33.5 Å². The average molecular weight is 368 g/mol. The lowest BCUT2D eigenvalue weighted by atomic mass is 9.98. The van der Waals surface area contributed by atoms with E-state index >= 15 is 0 Å². The third-order valence-electron chi connectivity index (χ3n) is 4.36. The van der Waals surface area contributed by atoms with Gasteiger partial charge in [-0.25, -0.2) is 14.5 Å². The van der Waals surface area contributed by atoms with Crippen LogP contribution >= 0.6 is 22.7 Å². The van der Waals surface area contributed by atoms with Crippen LogP contribution in [0.15, 0.2) is 30.7 Å². The Kier molecular flexibility index (Phi) is 3.53. The van der Waals surface area contributed by atoms with E-state index in [2.05, 4.69) is 32.3 Å². The first-order chi connectivity index (χ1) is 12.3. The molecule has 0 radical (unpaired) electrons. The highest BCUT2D eigenvalue weighted by Gasteiger charge is 2.25. The van der Waals surface area contributed by atoms with Crippen molar-refractivity contribution in [2.45, 2.75) is 32.2 Å². The van der Waals surface area contributed by atoms with Crippen molar-refractivity contribution >= 4 is 32.8 Å².